The van der Waals surface area contributed by atoms with Crippen LogP contribution in [-0.4, -0.2) is 5.91 Å². The first kappa shape index (κ1) is 11.6. The minimum atomic E-state index is -4.55. The van der Waals surface area contributed by atoms with Gasteiger partial charge in [0.25, 0.3) is 0 Å². The van der Waals surface area contributed by atoms with Crippen molar-refractivity contribution in [3.63, 3.8) is 0 Å². The van der Waals surface area contributed by atoms with Crippen molar-refractivity contribution in [2.24, 2.45) is 5.73 Å². The van der Waals surface area contributed by atoms with E-state index < -0.39 is 23.2 Å². The Hall–Kier alpha value is -1.52. The van der Waals surface area contributed by atoms with Gasteiger partial charge in [0.2, 0.25) is 5.91 Å². The van der Waals surface area contributed by atoms with Gasteiger partial charge in [-0.15, -0.1) is 0 Å². The molecule has 1 rings (SSSR count). The topological polar surface area (TPSA) is 43.1 Å². The van der Waals surface area contributed by atoms with Crippen molar-refractivity contribution in [2.75, 3.05) is 0 Å². The molecule has 15 heavy (non-hydrogen) atoms. The monoisotopic (exact) mass is 217 g/mol. The lowest BCUT2D eigenvalue weighted by molar-refractivity contribution is -0.137. The maximum absolute atomic E-state index is 12.4. The van der Waals surface area contributed by atoms with Gasteiger partial charge in [0.1, 0.15) is 0 Å². The fourth-order valence-electron chi connectivity index (χ4n) is 1.26. The van der Waals surface area contributed by atoms with Gasteiger partial charge in [0, 0.05) is 0 Å². The molecule has 0 aliphatic rings. The summed E-state index contributed by atoms with van der Waals surface area (Å²) in [5.41, 5.74) is 4.10. The number of primary amides is 1. The number of carbonyl (C=O) groups excluding carboxylic acids is 1. The Morgan fingerprint density at radius 3 is 2.40 bits per heavy atom. The van der Waals surface area contributed by atoms with E-state index in [-0.39, 0.29) is 0 Å². The molecule has 1 amide bonds. The molecule has 0 radical (unpaired) electrons. The molecule has 0 unspecified atom stereocenters. The molecule has 0 aliphatic heterocycles. The summed E-state index contributed by atoms with van der Waals surface area (Å²) in [6.45, 7) is 1.79. The zero-order chi connectivity index (χ0) is 11.6. The number of hydrogen-bond donors (Lipinski definition) is 1. The van der Waals surface area contributed by atoms with Gasteiger partial charge in [0.05, 0.1) is 11.1 Å². The fraction of sp³-hybridized carbons (Fsp3) is 0.300. The summed E-state index contributed by atoms with van der Waals surface area (Å²) in [7, 11) is 0. The fourth-order valence-corrected chi connectivity index (χ4v) is 1.26. The number of halogens is 3. The highest BCUT2D eigenvalue weighted by molar-refractivity contribution is 5.94. The standard InChI is InChI=1S/C10H10F3NO/c1-2-6-3-4-8(10(11,12)13)7(5-6)9(14)15/h3-5H,2H2,1H3,(H2,14,15). The van der Waals surface area contributed by atoms with Crippen LogP contribution in [0.4, 0.5) is 13.2 Å². The molecule has 0 fully saturated rings. The van der Waals surface area contributed by atoms with E-state index in [2.05, 4.69) is 0 Å². The van der Waals surface area contributed by atoms with Crippen molar-refractivity contribution in [1.82, 2.24) is 0 Å². The van der Waals surface area contributed by atoms with E-state index in [1.807, 2.05) is 0 Å². The van der Waals surface area contributed by atoms with Crippen LogP contribution in [0, 0.1) is 0 Å². The Bertz CT molecular complexity index is 385. The SMILES string of the molecule is CCc1ccc(C(F)(F)F)c(C(N)=O)c1. The smallest absolute Gasteiger partial charge is 0.366 e. The van der Waals surface area contributed by atoms with E-state index in [1.165, 1.54) is 12.1 Å². The average molecular weight is 217 g/mol. The first-order valence-electron chi connectivity index (χ1n) is 4.36. The van der Waals surface area contributed by atoms with Gasteiger partial charge in [-0.1, -0.05) is 13.0 Å². The van der Waals surface area contributed by atoms with Crippen molar-refractivity contribution in [3.05, 3.63) is 34.9 Å². The van der Waals surface area contributed by atoms with Crippen molar-refractivity contribution in [3.8, 4) is 0 Å². The number of hydrogen-bond acceptors (Lipinski definition) is 1. The van der Waals surface area contributed by atoms with Gasteiger partial charge < -0.3 is 5.73 Å². The van der Waals surface area contributed by atoms with Crippen LogP contribution in [0.5, 0.6) is 0 Å². The van der Waals surface area contributed by atoms with Crippen molar-refractivity contribution >= 4 is 5.91 Å². The zero-order valence-corrected chi connectivity index (χ0v) is 8.06. The lowest BCUT2D eigenvalue weighted by Gasteiger charge is -2.11. The largest absolute Gasteiger partial charge is 0.417 e. The van der Waals surface area contributed by atoms with Crippen LogP contribution >= 0.6 is 0 Å². The summed E-state index contributed by atoms with van der Waals surface area (Å²) in [6.07, 6.45) is -3.99. The van der Waals surface area contributed by atoms with Crippen LogP contribution in [-0.2, 0) is 12.6 Å². The van der Waals surface area contributed by atoms with Crippen molar-refractivity contribution in [1.29, 1.82) is 0 Å². The molecule has 0 bridgehead atoms. The lowest BCUT2D eigenvalue weighted by Crippen LogP contribution is -2.19. The van der Waals surface area contributed by atoms with Gasteiger partial charge in [-0.25, -0.2) is 0 Å². The maximum Gasteiger partial charge on any atom is 0.417 e. The van der Waals surface area contributed by atoms with E-state index in [4.69, 9.17) is 5.73 Å². The molecule has 0 saturated heterocycles. The first-order chi connectivity index (χ1) is 6.86. The van der Waals surface area contributed by atoms with Gasteiger partial charge in [-0.05, 0) is 24.1 Å². The minimum absolute atomic E-state index is 0.471. The zero-order valence-electron chi connectivity index (χ0n) is 8.06. The van der Waals surface area contributed by atoms with Crippen molar-refractivity contribution < 1.29 is 18.0 Å². The molecule has 2 N–H and O–H groups in total. The summed E-state index contributed by atoms with van der Waals surface area (Å²) in [4.78, 5) is 10.9. The second kappa shape index (κ2) is 3.92. The molecule has 0 heterocycles. The van der Waals surface area contributed by atoms with Gasteiger partial charge in [0.15, 0.2) is 0 Å². The number of nitrogens with two attached hydrogens (primary N) is 1. The van der Waals surface area contributed by atoms with Crippen LogP contribution in [0.3, 0.4) is 0 Å². The highest BCUT2D eigenvalue weighted by Crippen LogP contribution is 2.32. The summed E-state index contributed by atoms with van der Waals surface area (Å²) in [5.74, 6) is -1.06. The average Bonchev–Trinajstić information content (AvgIpc) is 2.15. The van der Waals surface area contributed by atoms with Crippen LogP contribution in [0.1, 0.15) is 28.4 Å². The molecule has 0 atom stereocenters. The molecule has 5 heteroatoms. The molecule has 2 nitrogen and oxygen atoms in total. The summed E-state index contributed by atoms with van der Waals surface area (Å²) in [5, 5.41) is 0. The van der Waals surface area contributed by atoms with Gasteiger partial charge in [-0.3, -0.25) is 4.79 Å². The summed E-state index contributed by atoms with van der Waals surface area (Å²) < 4.78 is 37.3. The van der Waals surface area contributed by atoms with E-state index in [1.54, 1.807) is 6.92 Å². The quantitative estimate of drug-likeness (QED) is 0.811. The van der Waals surface area contributed by atoms with E-state index in [9.17, 15) is 18.0 Å². The number of amides is 1. The molecular weight excluding hydrogens is 207 g/mol. The third kappa shape index (κ3) is 2.49. The summed E-state index contributed by atoms with van der Waals surface area (Å²) in [6, 6.07) is 3.42. The molecule has 0 aliphatic carbocycles. The number of alkyl halides is 3. The second-order valence-corrected chi connectivity index (χ2v) is 3.10. The predicted molar refractivity (Wildman–Crippen MR) is 49.3 cm³/mol. The van der Waals surface area contributed by atoms with Gasteiger partial charge >= 0.3 is 6.18 Å². The highest BCUT2D eigenvalue weighted by Gasteiger charge is 2.34. The molecule has 82 valence electrons. The van der Waals surface area contributed by atoms with Crippen LogP contribution in [0.2, 0.25) is 0 Å². The Balaban J connectivity index is 3.34. The minimum Gasteiger partial charge on any atom is -0.366 e. The lowest BCUT2D eigenvalue weighted by atomic mass is 10.0. The Morgan fingerprint density at radius 1 is 1.40 bits per heavy atom. The Labute approximate surface area is 84.9 Å². The van der Waals surface area contributed by atoms with Gasteiger partial charge in [-0.2, -0.15) is 13.2 Å². The third-order valence-corrected chi connectivity index (χ3v) is 2.06. The van der Waals surface area contributed by atoms with Crippen LogP contribution < -0.4 is 5.73 Å². The Kier molecular flexibility index (Phi) is 3.02. The molecule has 0 aromatic heterocycles. The third-order valence-electron chi connectivity index (χ3n) is 2.06. The maximum atomic E-state index is 12.4. The van der Waals surface area contributed by atoms with Crippen LogP contribution in [0.25, 0.3) is 0 Å². The summed E-state index contributed by atoms with van der Waals surface area (Å²) >= 11 is 0. The van der Waals surface area contributed by atoms with Crippen molar-refractivity contribution in [2.45, 2.75) is 19.5 Å². The number of carbonyl (C=O) groups is 1. The highest BCUT2D eigenvalue weighted by atomic mass is 19.4. The number of benzene rings is 1. The molecule has 1 aromatic rings. The van der Waals surface area contributed by atoms with E-state index in [0.717, 1.165) is 6.07 Å². The number of aryl methyl sites for hydroxylation is 1. The van der Waals surface area contributed by atoms with E-state index in [0.29, 0.717) is 12.0 Å². The normalized spacial score (nSPS) is 11.5. The molecule has 1 aromatic carbocycles. The van der Waals surface area contributed by atoms with E-state index >= 15 is 0 Å². The molecule has 0 spiro atoms. The molecular formula is C10H10F3NO. The molecule has 0 saturated carbocycles. The number of rotatable bonds is 2. The first-order valence-corrected chi connectivity index (χ1v) is 4.36. The second-order valence-electron chi connectivity index (χ2n) is 3.10. The predicted octanol–water partition coefficient (Wildman–Crippen LogP) is 2.37. The Morgan fingerprint density at radius 2 is 2.00 bits per heavy atom. The van der Waals surface area contributed by atoms with Crippen LogP contribution in [0.15, 0.2) is 18.2 Å².